The molecule has 0 aliphatic heterocycles. The van der Waals surface area contributed by atoms with Crippen LogP contribution < -0.4 is 5.32 Å². The van der Waals surface area contributed by atoms with Gasteiger partial charge in [-0.3, -0.25) is 0 Å². The van der Waals surface area contributed by atoms with Crippen molar-refractivity contribution >= 4 is 22.1 Å². The first-order valence-electron chi connectivity index (χ1n) is 6.57. The van der Waals surface area contributed by atoms with Crippen LogP contribution in [0.1, 0.15) is 23.4 Å². The van der Waals surface area contributed by atoms with E-state index in [0.29, 0.717) is 6.04 Å². The molecule has 19 heavy (non-hydrogen) atoms. The SMILES string of the molecule is CC(NCc1cccs1)c1ccc2ccccc2c1. The van der Waals surface area contributed by atoms with Gasteiger partial charge in [0.2, 0.25) is 0 Å². The van der Waals surface area contributed by atoms with Crippen molar-refractivity contribution in [2.75, 3.05) is 0 Å². The summed E-state index contributed by atoms with van der Waals surface area (Å²) in [6.07, 6.45) is 0. The lowest BCUT2D eigenvalue weighted by molar-refractivity contribution is 0.579. The molecule has 1 N–H and O–H groups in total. The Morgan fingerprint density at radius 3 is 2.63 bits per heavy atom. The quantitative estimate of drug-likeness (QED) is 0.719. The van der Waals surface area contributed by atoms with Crippen LogP contribution in [0.15, 0.2) is 60.0 Å². The monoisotopic (exact) mass is 267 g/mol. The maximum atomic E-state index is 3.58. The molecular formula is C17H17NS. The van der Waals surface area contributed by atoms with Crippen molar-refractivity contribution in [3.05, 3.63) is 70.4 Å². The van der Waals surface area contributed by atoms with Crippen LogP contribution in [0.2, 0.25) is 0 Å². The molecule has 96 valence electrons. The highest BCUT2D eigenvalue weighted by atomic mass is 32.1. The molecule has 0 aliphatic rings. The molecule has 0 saturated carbocycles. The van der Waals surface area contributed by atoms with E-state index in [0.717, 1.165) is 6.54 Å². The first-order chi connectivity index (χ1) is 9.33. The smallest absolute Gasteiger partial charge is 0.0305 e. The van der Waals surface area contributed by atoms with E-state index < -0.39 is 0 Å². The number of benzene rings is 2. The zero-order chi connectivity index (χ0) is 13.1. The summed E-state index contributed by atoms with van der Waals surface area (Å²) in [5.74, 6) is 0. The summed E-state index contributed by atoms with van der Waals surface area (Å²) in [5.41, 5.74) is 1.34. The molecule has 1 aromatic heterocycles. The van der Waals surface area contributed by atoms with Gasteiger partial charge in [0.1, 0.15) is 0 Å². The van der Waals surface area contributed by atoms with Gasteiger partial charge in [-0.15, -0.1) is 11.3 Å². The van der Waals surface area contributed by atoms with Crippen LogP contribution in [-0.4, -0.2) is 0 Å². The van der Waals surface area contributed by atoms with E-state index in [4.69, 9.17) is 0 Å². The summed E-state index contributed by atoms with van der Waals surface area (Å²) in [6.45, 7) is 3.16. The standard InChI is InChI=1S/C17H17NS/c1-13(18-12-17-7-4-10-19-17)15-9-8-14-5-2-3-6-16(14)11-15/h2-11,13,18H,12H2,1H3. The lowest BCUT2D eigenvalue weighted by Gasteiger charge is -2.14. The predicted octanol–water partition coefficient (Wildman–Crippen LogP) is 4.75. The molecule has 0 fully saturated rings. The molecule has 0 aliphatic carbocycles. The summed E-state index contributed by atoms with van der Waals surface area (Å²) >= 11 is 1.80. The zero-order valence-electron chi connectivity index (χ0n) is 11.0. The fourth-order valence-electron chi connectivity index (χ4n) is 2.26. The Bertz CT molecular complexity index is 658. The van der Waals surface area contributed by atoms with Gasteiger partial charge in [-0.1, -0.05) is 42.5 Å². The van der Waals surface area contributed by atoms with Gasteiger partial charge in [0, 0.05) is 17.5 Å². The Hall–Kier alpha value is -1.64. The average molecular weight is 267 g/mol. The molecule has 2 heteroatoms. The summed E-state index contributed by atoms with van der Waals surface area (Å²) in [4.78, 5) is 1.38. The van der Waals surface area contributed by atoms with Crippen LogP contribution in [0.3, 0.4) is 0 Å². The highest BCUT2D eigenvalue weighted by Gasteiger charge is 2.05. The summed E-state index contributed by atoms with van der Waals surface area (Å²) < 4.78 is 0. The van der Waals surface area contributed by atoms with E-state index >= 15 is 0 Å². The van der Waals surface area contributed by atoms with Gasteiger partial charge >= 0.3 is 0 Å². The van der Waals surface area contributed by atoms with Gasteiger partial charge < -0.3 is 5.32 Å². The van der Waals surface area contributed by atoms with E-state index in [2.05, 4.69) is 72.2 Å². The Balaban J connectivity index is 1.75. The van der Waals surface area contributed by atoms with Crippen LogP contribution in [-0.2, 0) is 6.54 Å². The summed E-state index contributed by atoms with van der Waals surface area (Å²) in [7, 11) is 0. The average Bonchev–Trinajstić information content (AvgIpc) is 2.97. The number of fused-ring (bicyclic) bond motifs is 1. The molecule has 0 saturated heterocycles. The minimum Gasteiger partial charge on any atom is -0.305 e. The lowest BCUT2D eigenvalue weighted by atomic mass is 10.0. The molecule has 0 amide bonds. The zero-order valence-corrected chi connectivity index (χ0v) is 11.8. The molecule has 1 atom stereocenters. The van der Waals surface area contributed by atoms with Crippen molar-refractivity contribution in [3.63, 3.8) is 0 Å². The van der Waals surface area contributed by atoms with Crippen molar-refractivity contribution < 1.29 is 0 Å². The van der Waals surface area contributed by atoms with Gasteiger partial charge in [0.25, 0.3) is 0 Å². The molecule has 0 spiro atoms. The van der Waals surface area contributed by atoms with E-state index in [-0.39, 0.29) is 0 Å². The first-order valence-corrected chi connectivity index (χ1v) is 7.45. The summed E-state index contributed by atoms with van der Waals surface area (Å²) in [6, 6.07) is 19.8. The van der Waals surface area contributed by atoms with Crippen LogP contribution in [0, 0.1) is 0 Å². The van der Waals surface area contributed by atoms with Crippen molar-refractivity contribution in [3.8, 4) is 0 Å². The normalized spacial score (nSPS) is 12.7. The maximum Gasteiger partial charge on any atom is 0.0305 e. The number of nitrogens with one attached hydrogen (secondary N) is 1. The number of hydrogen-bond donors (Lipinski definition) is 1. The summed E-state index contributed by atoms with van der Waals surface area (Å²) in [5, 5.41) is 8.31. The van der Waals surface area contributed by atoms with E-state index in [1.54, 1.807) is 11.3 Å². The van der Waals surface area contributed by atoms with Crippen molar-refractivity contribution in [2.24, 2.45) is 0 Å². The maximum absolute atomic E-state index is 3.58. The second-order valence-corrected chi connectivity index (χ2v) is 5.82. The molecule has 2 aromatic carbocycles. The second-order valence-electron chi connectivity index (χ2n) is 4.79. The molecule has 3 aromatic rings. The van der Waals surface area contributed by atoms with Gasteiger partial charge in [-0.25, -0.2) is 0 Å². The number of hydrogen-bond acceptors (Lipinski definition) is 2. The van der Waals surface area contributed by atoms with Crippen LogP contribution in [0.5, 0.6) is 0 Å². The third kappa shape index (κ3) is 2.86. The van der Waals surface area contributed by atoms with Crippen molar-refractivity contribution in [1.29, 1.82) is 0 Å². The van der Waals surface area contributed by atoms with Crippen molar-refractivity contribution in [1.82, 2.24) is 5.32 Å². The van der Waals surface area contributed by atoms with E-state index in [1.807, 2.05) is 0 Å². The third-order valence-electron chi connectivity index (χ3n) is 3.44. The lowest BCUT2D eigenvalue weighted by Crippen LogP contribution is -2.17. The van der Waals surface area contributed by atoms with Gasteiger partial charge in [-0.2, -0.15) is 0 Å². The second kappa shape index (κ2) is 5.55. The Kier molecular flexibility index (Phi) is 3.62. The molecule has 0 radical (unpaired) electrons. The number of rotatable bonds is 4. The number of thiophene rings is 1. The predicted molar refractivity (Wildman–Crippen MR) is 83.5 cm³/mol. The minimum atomic E-state index is 0.367. The van der Waals surface area contributed by atoms with Crippen LogP contribution in [0.25, 0.3) is 10.8 Å². The fraction of sp³-hybridized carbons (Fsp3) is 0.176. The minimum absolute atomic E-state index is 0.367. The highest BCUT2D eigenvalue weighted by Crippen LogP contribution is 2.20. The fourth-order valence-corrected chi connectivity index (χ4v) is 2.92. The molecule has 1 heterocycles. The largest absolute Gasteiger partial charge is 0.305 e. The van der Waals surface area contributed by atoms with E-state index in [1.165, 1.54) is 21.2 Å². The van der Waals surface area contributed by atoms with Crippen LogP contribution >= 0.6 is 11.3 Å². The van der Waals surface area contributed by atoms with Gasteiger partial charge in [-0.05, 0) is 40.8 Å². The highest BCUT2D eigenvalue weighted by molar-refractivity contribution is 7.09. The first kappa shape index (κ1) is 12.4. The molecule has 0 bridgehead atoms. The molecule has 3 rings (SSSR count). The Labute approximate surface area is 117 Å². The topological polar surface area (TPSA) is 12.0 Å². The molecule has 1 nitrogen and oxygen atoms in total. The molecular weight excluding hydrogens is 250 g/mol. The van der Waals surface area contributed by atoms with Gasteiger partial charge in [0.15, 0.2) is 0 Å². The Morgan fingerprint density at radius 1 is 1.00 bits per heavy atom. The van der Waals surface area contributed by atoms with Crippen LogP contribution in [0.4, 0.5) is 0 Å². The third-order valence-corrected chi connectivity index (χ3v) is 4.31. The molecule has 1 unspecified atom stereocenters. The van der Waals surface area contributed by atoms with Crippen molar-refractivity contribution in [2.45, 2.75) is 19.5 Å². The van der Waals surface area contributed by atoms with Gasteiger partial charge in [0.05, 0.1) is 0 Å². The Morgan fingerprint density at radius 2 is 1.84 bits per heavy atom. The van der Waals surface area contributed by atoms with E-state index in [9.17, 15) is 0 Å².